The number of halogens is 1. The van der Waals surface area contributed by atoms with E-state index in [1.54, 1.807) is 11.3 Å². The molecule has 3 heteroatoms. The highest BCUT2D eigenvalue weighted by Gasteiger charge is 1.95. The third-order valence-corrected chi connectivity index (χ3v) is 1.93. The quantitative estimate of drug-likeness (QED) is 0.361. The standard InChI is InChI=1S/C5H8NS.HI/c1-5-3-7-4-6(5)2;/h3-4H,1-2H3;1H/q+1;/p-1. The van der Waals surface area contributed by atoms with E-state index in [1.807, 2.05) is 7.05 Å². The minimum Gasteiger partial charge on any atom is -1.00 e. The lowest BCUT2D eigenvalue weighted by atomic mass is 10.6. The van der Waals surface area contributed by atoms with Crippen molar-refractivity contribution in [2.75, 3.05) is 0 Å². The fraction of sp³-hybridized carbons (Fsp3) is 0.400. The predicted octanol–water partition coefficient (Wildman–Crippen LogP) is -2.11. The molecule has 0 unspecified atom stereocenters. The monoisotopic (exact) mass is 241 g/mol. The van der Waals surface area contributed by atoms with Crippen LogP contribution in [-0.2, 0) is 7.05 Å². The first-order chi connectivity index (χ1) is 3.30. The normalized spacial score (nSPS) is 8.25. The van der Waals surface area contributed by atoms with Crippen molar-refractivity contribution >= 4 is 11.3 Å². The molecule has 0 saturated heterocycles. The molecule has 0 fully saturated rings. The van der Waals surface area contributed by atoms with E-state index in [0.717, 1.165) is 0 Å². The first-order valence-electron chi connectivity index (χ1n) is 2.19. The van der Waals surface area contributed by atoms with E-state index >= 15 is 0 Å². The van der Waals surface area contributed by atoms with Crippen LogP contribution in [-0.4, -0.2) is 0 Å². The third-order valence-electron chi connectivity index (χ3n) is 1.01. The molecular formula is C5H8INS. The summed E-state index contributed by atoms with van der Waals surface area (Å²) in [5, 5.41) is 2.12. The summed E-state index contributed by atoms with van der Waals surface area (Å²) < 4.78 is 2.10. The maximum Gasteiger partial charge on any atom is 0.224 e. The zero-order chi connectivity index (χ0) is 5.28. The van der Waals surface area contributed by atoms with Crippen LogP contribution in [0, 0.1) is 6.92 Å². The van der Waals surface area contributed by atoms with Crippen LogP contribution in [0.5, 0.6) is 0 Å². The minimum absolute atomic E-state index is 0. The Morgan fingerprint density at radius 3 is 2.38 bits per heavy atom. The van der Waals surface area contributed by atoms with Gasteiger partial charge in [0.2, 0.25) is 5.51 Å². The van der Waals surface area contributed by atoms with Gasteiger partial charge in [-0.3, -0.25) is 0 Å². The smallest absolute Gasteiger partial charge is 0.224 e. The average molecular weight is 241 g/mol. The second kappa shape index (κ2) is 3.40. The van der Waals surface area contributed by atoms with E-state index < -0.39 is 0 Å². The van der Waals surface area contributed by atoms with E-state index in [0.29, 0.717) is 0 Å². The number of hydrogen-bond acceptors (Lipinski definition) is 1. The Morgan fingerprint density at radius 1 is 1.62 bits per heavy atom. The Labute approximate surface area is 70.4 Å². The third kappa shape index (κ3) is 1.70. The van der Waals surface area contributed by atoms with Gasteiger partial charge in [-0.05, 0) is 0 Å². The van der Waals surface area contributed by atoms with Gasteiger partial charge < -0.3 is 24.0 Å². The Kier molecular flexibility index (Phi) is 3.55. The highest BCUT2D eigenvalue weighted by molar-refractivity contribution is 7.07. The van der Waals surface area contributed by atoms with Gasteiger partial charge in [0.05, 0.1) is 5.38 Å². The molecule has 0 radical (unpaired) electrons. The van der Waals surface area contributed by atoms with Gasteiger partial charge in [-0.2, -0.15) is 4.57 Å². The molecule has 1 aromatic rings. The number of rotatable bonds is 0. The second-order valence-electron chi connectivity index (χ2n) is 1.61. The summed E-state index contributed by atoms with van der Waals surface area (Å²) >= 11 is 1.73. The van der Waals surface area contributed by atoms with Crippen molar-refractivity contribution in [3.8, 4) is 0 Å². The zero-order valence-electron chi connectivity index (χ0n) is 4.89. The minimum atomic E-state index is 0. The van der Waals surface area contributed by atoms with Gasteiger partial charge in [0, 0.05) is 6.92 Å². The van der Waals surface area contributed by atoms with Crippen LogP contribution in [0.15, 0.2) is 10.9 Å². The van der Waals surface area contributed by atoms with Crippen molar-refractivity contribution in [1.29, 1.82) is 0 Å². The fourth-order valence-electron chi connectivity index (χ4n) is 0.386. The number of aromatic nitrogens is 1. The molecule has 1 aromatic heterocycles. The topological polar surface area (TPSA) is 3.88 Å². The lowest BCUT2D eigenvalue weighted by molar-refractivity contribution is -0.672. The van der Waals surface area contributed by atoms with Crippen LogP contribution in [0.25, 0.3) is 0 Å². The van der Waals surface area contributed by atoms with Gasteiger partial charge >= 0.3 is 0 Å². The molecule has 0 amide bonds. The molecule has 0 N–H and O–H groups in total. The summed E-state index contributed by atoms with van der Waals surface area (Å²) in [7, 11) is 2.05. The summed E-state index contributed by atoms with van der Waals surface area (Å²) in [6, 6.07) is 0. The van der Waals surface area contributed by atoms with Gasteiger partial charge in [0.25, 0.3) is 0 Å². The SMILES string of the molecule is Cc1csc[n+]1C.[I-]. The van der Waals surface area contributed by atoms with Crippen LogP contribution < -0.4 is 28.5 Å². The first-order valence-corrected chi connectivity index (χ1v) is 3.13. The second-order valence-corrected chi connectivity index (χ2v) is 2.33. The maximum atomic E-state index is 2.12. The highest BCUT2D eigenvalue weighted by atomic mass is 127. The van der Waals surface area contributed by atoms with E-state index in [9.17, 15) is 0 Å². The van der Waals surface area contributed by atoms with Crippen molar-refractivity contribution in [1.82, 2.24) is 0 Å². The van der Waals surface area contributed by atoms with E-state index in [1.165, 1.54) is 5.69 Å². The fourth-order valence-corrected chi connectivity index (χ4v) is 1.16. The Morgan fingerprint density at radius 2 is 2.25 bits per heavy atom. The van der Waals surface area contributed by atoms with Gasteiger partial charge in [0.15, 0.2) is 5.69 Å². The van der Waals surface area contributed by atoms with Crippen LogP contribution >= 0.6 is 11.3 Å². The molecule has 0 saturated carbocycles. The maximum absolute atomic E-state index is 2.12. The molecule has 0 spiro atoms. The predicted molar refractivity (Wildman–Crippen MR) is 30.2 cm³/mol. The molecule has 0 aliphatic rings. The largest absolute Gasteiger partial charge is 1.00 e. The molecule has 0 aliphatic heterocycles. The van der Waals surface area contributed by atoms with Crippen molar-refractivity contribution in [3.05, 3.63) is 16.6 Å². The summed E-state index contributed by atoms with van der Waals surface area (Å²) in [6.07, 6.45) is 0. The summed E-state index contributed by atoms with van der Waals surface area (Å²) in [5.41, 5.74) is 3.40. The highest BCUT2D eigenvalue weighted by Crippen LogP contribution is 1.93. The van der Waals surface area contributed by atoms with Crippen molar-refractivity contribution < 1.29 is 28.5 Å². The first kappa shape index (κ1) is 8.36. The molecule has 46 valence electrons. The zero-order valence-corrected chi connectivity index (χ0v) is 7.86. The molecule has 0 atom stereocenters. The van der Waals surface area contributed by atoms with Gasteiger partial charge in [0.1, 0.15) is 7.05 Å². The molecule has 0 bridgehead atoms. The number of aryl methyl sites for hydroxylation is 2. The van der Waals surface area contributed by atoms with Crippen LogP contribution in [0.2, 0.25) is 0 Å². The Hall–Kier alpha value is 0.360. The lowest BCUT2D eigenvalue weighted by Gasteiger charge is -1.74. The van der Waals surface area contributed by atoms with Gasteiger partial charge in [-0.25, -0.2) is 0 Å². The lowest BCUT2D eigenvalue weighted by Crippen LogP contribution is -3.00. The van der Waals surface area contributed by atoms with Crippen LogP contribution in [0.1, 0.15) is 5.69 Å². The molecule has 1 nitrogen and oxygen atoms in total. The molecule has 0 aliphatic carbocycles. The van der Waals surface area contributed by atoms with Gasteiger partial charge in [-0.1, -0.05) is 11.3 Å². The Bertz CT molecular complexity index is 145. The Balaban J connectivity index is 0.000000490. The number of thiazole rings is 1. The number of nitrogens with zero attached hydrogens (tertiary/aromatic N) is 1. The average Bonchev–Trinajstić information content (AvgIpc) is 1.91. The van der Waals surface area contributed by atoms with Crippen LogP contribution in [0.3, 0.4) is 0 Å². The van der Waals surface area contributed by atoms with Crippen molar-refractivity contribution in [2.24, 2.45) is 7.05 Å². The van der Waals surface area contributed by atoms with Gasteiger partial charge in [-0.15, -0.1) is 0 Å². The van der Waals surface area contributed by atoms with Crippen LogP contribution in [0.4, 0.5) is 0 Å². The molecular weight excluding hydrogens is 233 g/mol. The summed E-state index contributed by atoms with van der Waals surface area (Å²) in [5.74, 6) is 0. The van der Waals surface area contributed by atoms with Crippen molar-refractivity contribution in [2.45, 2.75) is 6.92 Å². The summed E-state index contributed by atoms with van der Waals surface area (Å²) in [6.45, 7) is 2.09. The molecule has 1 rings (SSSR count). The van der Waals surface area contributed by atoms with E-state index in [4.69, 9.17) is 0 Å². The molecule has 0 aromatic carbocycles. The molecule has 1 heterocycles. The summed E-state index contributed by atoms with van der Waals surface area (Å²) in [4.78, 5) is 0. The van der Waals surface area contributed by atoms with E-state index in [2.05, 4.69) is 22.4 Å². The van der Waals surface area contributed by atoms with E-state index in [-0.39, 0.29) is 24.0 Å². The molecule has 8 heavy (non-hydrogen) atoms. The number of hydrogen-bond donors (Lipinski definition) is 0. The van der Waals surface area contributed by atoms with Crippen molar-refractivity contribution in [3.63, 3.8) is 0 Å².